The highest BCUT2D eigenvalue weighted by molar-refractivity contribution is 5.93. The van der Waals surface area contributed by atoms with Gasteiger partial charge in [-0.25, -0.2) is 0 Å². The van der Waals surface area contributed by atoms with E-state index in [1.807, 2.05) is 50.8 Å². The molecular weight excluding hydrogens is 252 g/mol. The Labute approximate surface area is 120 Å². The lowest BCUT2D eigenvalue weighted by Crippen LogP contribution is -2.65. The Balaban J connectivity index is 1.89. The molecule has 2 N–H and O–H groups in total. The van der Waals surface area contributed by atoms with E-state index in [1.54, 1.807) is 0 Å². The van der Waals surface area contributed by atoms with Crippen molar-refractivity contribution in [3.8, 4) is 0 Å². The summed E-state index contributed by atoms with van der Waals surface area (Å²) in [6, 6.07) is 5.96. The fourth-order valence-corrected chi connectivity index (χ4v) is 2.60. The van der Waals surface area contributed by atoms with E-state index in [0.717, 1.165) is 16.8 Å². The zero-order valence-corrected chi connectivity index (χ0v) is 12.7. The third-order valence-corrected chi connectivity index (χ3v) is 4.18. The minimum atomic E-state index is -0.626. The number of rotatable bonds is 4. The fraction of sp³-hybridized carbons (Fsp3) is 0.562. The van der Waals surface area contributed by atoms with Crippen LogP contribution >= 0.6 is 0 Å². The topological polar surface area (TPSA) is 52.6 Å². The van der Waals surface area contributed by atoms with Crippen LogP contribution in [0.15, 0.2) is 18.2 Å². The van der Waals surface area contributed by atoms with Crippen molar-refractivity contribution in [3.63, 3.8) is 0 Å². The second-order valence-corrected chi connectivity index (χ2v) is 6.22. The Morgan fingerprint density at radius 3 is 2.40 bits per heavy atom. The number of hydrogen-bond acceptors (Lipinski definition) is 3. The number of carbonyl (C=O) groups excluding carboxylic acids is 1. The summed E-state index contributed by atoms with van der Waals surface area (Å²) < 4.78 is 0. The Kier molecular flexibility index (Phi) is 4.16. The van der Waals surface area contributed by atoms with E-state index in [9.17, 15) is 9.90 Å². The quantitative estimate of drug-likeness (QED) is 0.883. The molecule has 1 fully saturated rings. The molecule has 0 atom stereocenters. The van der Waals surface area contributed by atoms with Crippen LogP contribution < -0.4 is 5.32 Å². The molecule has 0 spiro atoms. The van der Waals surface area contributed by atoms with E-state index >= 15 is 0 Å². The summed E-state index contributed by atoms with van der Waals surface area (Å²) in [5.74, 6) is 0.202. The number of aryl methyl sites for hydroxylation is 2. The Bertz CT molecular complexity index is 485. The van der Waals surface area contributed by atoms with Crippen molar-refractivity contribution in [2.24, 2.45) is 5.92 Å². The van der Waals surface area contributed by atoms with Gasteiger partial charge in [-0.2, -0.15) is 0 Å². The van der Waals surface area contributed by atoms with Crippen molar-refractivity contribution in [1.29, 1.82) is 0 Å². The van der Waals surface area contributed by atoms with Crippen LogP contribution in [0.5, 0.6) is 0 Å². The van der Waals surface area contributed by atoms with Crippen molar-refractivity contribution >= 4 is 11.6 Å². The summed E-state index contributed by atoms with van der Waals surface area (Å²) in [5.41, 5.74) is 2.41. The summed E-state index contributed by atoms with van der Waals surface area (Å²) in [7, 11) is 0. The summed E-state index contributed by atoms with van der Waals surface area (Å²) in [6.45, 7) is 9.48. The number of nitrogens with one attached hydrogen (secondary N) is 1. The van der Waals surface area contributed by atoms with Gasteiger partial charge in [-0.15, -0.1) is 0 Å². The maximum atomic E-state index is 12.1. The predicted molar refractivity (Wildman–Crippen MR) is 80.8 cm³/mol. The van der Waals surface area contributed by atoms with Crippen molar-refractivity contribution in [2.45, 2.75) is 33.3 Å². The van der Waals surface area contributed by atoms with E-state index in [0.29, 0.717) is 19.6 Å². The molecule has 20 heavy (non-hydrogen) atoms. The third kappa shape index (κ3) is 3.02. The van der Waals surface area contributed by atoms with Crippen molar-refractivity contribution in [1.82, 2.24) is 4.90 Å². The van der Waals surface area contributed by atoms with Gasteiger partial charge in [0.15, 0.2) is 0 Å². The van der Waals surface area contributed by atoms with Gasteiger partial charge in [0.2, 0.25) is 5.91 Å². The molecule has 0 bridgehead atoms. The van der Waals surface area contributed by atoms with Gasteiger partial charge in [-0.1, -0.05) is 32.0 Å². The maximum Gasteiger partial charge on any atom is 0.238 e. The zero-order valence-electron chi connectivity index (χ0n) is 12.7. The first-order chi connectivity index (χ1) is 9.32. The molecule has 1 aromatic rings. The largest absolute Gasteiger partial charge is 0.387 e. The smallest absolute Gasteiger partial charge is 0.238 e. The molecular formula is C16H24N2O2. The van der Waals surface area contributed by atoms with E-state index < -0.39 is 5.60 Å². The summed E-state index contributed by atoms with van der Waals surface area (Å²) >= 11 is 0. The van der Waals surface area contributed by atoms with Crippen LogP contribution in [0.25, 0.3) is 0 Å². The van der Waals surface area contributed by atoms with Crippen LogP contribution in [0.4, 0.5) is 5.69 Å². The zero-order chi connectivity index (χ0) is 14.9. The number of hydrogen-bond donors (Lipinski definition) is 2. The van der Waals surface area contributed by atoms with Gasteiger partial charge in [0, 0.05) is 18.8 Å². The van der Waals surface area contributed by atoms with E-state index in [4.69, 9.17) is 0 Å². The van der Waals surface area contributed by atoms with Crippen LogP contribution in [0.3, 0.4) is 0 Å². The number of amides is 1. The molecule has 0 aliphatic carbocycles. The van der Waals surface area contributed by atoms with Crippen LogP contribution in [-0.2, 0) is 4.79 Å². The normalized spacial score (nSPS) is 17.9. The Morgan fingerprint density at radius 1 is 1.35 bits per heavy atom. The lowest BCUT2D eigenvalue weighted by Gasteiger charge is -2.48. The summed E-state index contributed by atoms with van der Waals surface area (Å²) in [5, 5.41) is 13.1. The molecule has 0 aromatic heterocycles. The van der Waals surface area contributed by atoms with Gasteiger partial charge >= 0.3 is 0 Å². The van der Waals surface area contributed by atoms with E-state index in [-0.39, 0.29) is 11.8 Å². The Morgan fingerprint density at radius 2 is 1.90 bits per heavy atom. The first kappa shape index (κ1) is 15.0. The van der Waals surface area contributed by atoms with Crippen molar-refractivity contribution in [2.75, 3.05) is 25.0 Å². The molecule has 0 saturated carbocycles. The highest BCUT2D eigenvalue weighted by Gasteiger charge is 2.43. The fourth-order valence-electron chi connectivity index (χ4n) is 2.60. The standard InChI is InChI=1S/C16H24N2O2/c1-11(2)16(20)9-18(10-16)8-14(19)17-15-12(3)6-5-7-13(15)4/h5-7,11,20H,8-10H2,1-4H3,(H,17,19). The van der Waals surface area contributed by atoms with Gasteiger partial charge < -0.3 is 10.4 Å². The SMILES string of the molecule is Cc1cccc(C)c1NC(=O)CN1CC(O)(C(C)C)C1. The van der Waals surface area contributed by atoms with Crippen LogP contribution in [0, 0.1) is 19.8 Å². The highest BCUT2D eigenvalue weighted by atomic mass is 16.3. The number of nitrogens with zero attached hydrogens (tertiary/aromatic N) is 1. The number of benzene rings is 1. The minimum absolute atomic E-state index is 0.0202. The maximum absolute atomic E-state index is 12.1. The summed E-state index contributed by atoms with van der Waals surface area (Å²) in [6.07, 6.45) is 0. The number of anilines is 1. The van der Waals surface area contributed by atoms with Crippen molar-refractivity contribution in [3.05, 3.63) is 29.3 Å². The molecule has 4 nitrogen and oxygen atoms in total. The van der Waals surface area contributed by atoms with Crippen LogP contribution in [-0.4, -0.2) is 41.1 Å². The molecule has 1 heterocycles. The summed E-state index contributed by atoms with van der Waals surface area (Å²) in [4.78, 5) is 14.0. The second kappa shape index (κ2) is 5.54. The van der Waals surface area contributed by atoms with Gasteiger partial charge in [-0.3, -0.25) is 9.69 Å². The molecule has 1 amide bonds. The first-order valence-corrected chi connectivity index (χ1v) is 7.12. The number of β-amino-alcohol motifs (C(OH)–C–C–N with tert-alkyl or cyclic N) is 1. The molecule has 2 rings (SSSR count). The molecule has 4 heteroatoms. The number of carbonyl (C=O) groups is 1. The lowest BCUT2D eigenvalue weighted by molar-refractivity contribution is -0.139. The second-order valence-electron chi connectivity index (χ2n) is 6.22. The van der Waals surface area contributed by atoms with Gasteiger partial charge in [-0.05, 0) is 30.9 Å². The van der Waals surface area contributed by atoms with Crippen LogP contribution in [0.2, 0.25) is 0 Å². The average molecular weight is 276 g/mol. The monoisotopic (exact) mass is 276 g/mol. The van der Waals surface area contributed by atoms with Crippen molar-refractivity contribution < 1.29 is 9.90 Å². The number of aliphatic hydroxyl groups is 1. The Hall–Kier alpha value is -1.39. The lowest BCUT2D eigenvalue weighted by atomic mass is 9.83. The molecule has 110 valence electrons. The molecule has 1 saturated heterocycles. The van der Waals surface area contributed by atoms with Gasteiger partial charge in [0.1, 0.15) is 0 Å². The number of para-hydroxylation sites is 1. The van der Waals surface area contributed by atoms with Gasteiger partial charge in [0.25, 0.3) is 0 Å². The number of likely N-dealkylation sites (tertiary alicyclic amines) is 1. The molecule has 1 aliphatic rings. The molecule has 0 unspecified atom stereocenters. The molecule has 1 aromatic carbocycles. The van der Waals surface area contributed by atoms with E-state index in [2.05, 4.69) is 5.32 Å². The molecule has 0 radical (unpaired) electrons. The van der Waals surface area contributed by atoms with Gasteiger partial charge in [0.05, 0.1) is 12.1 Å². The third-order valence-electron chi connectivity index (χ3n) is 4.18. The minimum Gasteiger partial charge on any atom is -0.387 e. The highest BCUT2D eigenvalue weighted by Crippen LogP contribution is 2.28. The average Bonchev–Trinajstić information content (AvgIpc) is 2.31. The molecule has 1 aliphatic heterocycles. The predicted octanol–water partition coefficient (Wildman–Crippen LogP) is 1.94. The van der Waals surface area contributed by atoms with E-state index in [1.165, 1.54) is 0 Å². The first-order valence-electron chi connectivity index (χ1n) is 7.12. The van der Waals surface area contributed by atoms with Crippen LogP contribution in [0.1, 0.15) is 25.0 Å².